The maximum Gasteiger partial charge on any atom is 0.0724 e. The molecule has 0 spiro atoms. The smallest absolute Gasteiger partial charge is 0.0724 e. The molecule has 0 radical (unpaired) electrons. The van der Waals surface area contributed by atoms with E-state index in [1.807, 2.05) is 6.08 Å². The number of allylic oxidation sites excluding steroid dienone is 1. The number of aliphatic hydroxyl groups is 2. The number of aliphatic hydroxyl groups excluding tert-OH is 2. The topological polar surface area (TPSA) is 40.5 Å². The molecule has 2 N–H and O–H groups in total. The van der Waals surface area contributed by atoms with Crippen LogP contribution in [-0.2, 0) is 0 Å². The predicted molar refractivity (Wildman–Crippen MR) is 51.2 cm³/mol. The van der Waals surface area contributed by atoms with E-state index in [9.17, 15) is 10.2 Å². The largest absolute Gasteiger partial charge is 0.393 e. The molecule has 4 atom stereocenters. The molecule has 0 amide bonds. The van der Waals surface area contributed by atoms with Crippen LogP contribution in [-0.4, -0.2) is 22.4 Å². The van der Waals surface area contributed by atoms with Crippen LogP contribution in [0.2, 0.25) is 0 Å². The van der Waals surface area contributed by atoms with Gasteiger partial charge in [0, 0.05) is 0 Å². The van der Waals surface area contributed by atoms with E-state index >= 15 is 0 Å². The Morgan fingerprint density at radius 1 is 1.31 bits per heavy atom. The van der Waals surface area contributed by atoms with Crippen molar-refractivity contribution in [1.82, 2.24) is 0 Å². The second kappa shape index (κ2) is 3.10. The third-order valence-electron chi connectivity index (χ3n) is 3.73. The fraction of sp³-hybridized carbons (Fsp3) is 0.818. The molecular formula is C11H18O2. The van der Waals surface area contributed by atoms with Gasteiger partial charge in [-0.1, -0.05) is 19.1 Å². The first-order valence-corrected chi connectivity index (χ1v) is 5.16. The van der Waals surface area contributed by atoms with Crippen LogP contribution in [0.25, 0.3) is 0 Å². The van der Waals surface area contributed by atoms with E-state index in [0.717, 1.165) is 25.7 Å². The van der Waals surface area contributed by atoms with Gasteiger partial charge in [0.15, 0.2) is 0 Å². The van der Waals surface area contributed by atoms with Crippen molar-refractivity contribution >= 4 is 0 Å². The van der Waals surface area contributed by atoms with Crippen LogP contribution in [0.15, 0.2) is 12.2 Å². The molecule has 0 aromatic rings. The molecule has 2 heteroatoms. The van der Waals surface area contributed by atoms with E-state index in [-0.39, 0.29) is 17.6 Å². The highest BCUT2D eigenvalue weighted by molar-refractivity contribution is 5.10. The first-order valence-electron chi connectivity index (χ1n) is 5.16. The van der Waals surface area contributed by atoms with Crippen molar-refractivity contribution in [2.75, 3.05) is 0 Å². The molecule has 2 rings (SSSR count). The van der Waals surface area contributed by atoms with E-state index in [1.165, 1.54) is 0 Å². The molecule has 0 aliphatic heterocycles. The maximum atomic E-state index is 9.54. The highest BCUT2D eigenvalue weighted by atomic mass is 16.3. The molecule has 0 aromatic carbocycles. The highest BCUT2D eigenvalue weighted by Crippen LogP contribution is 2.46. The summed E-state index contributed by atoms with van der Waals surface area (Å²) in [5, 5.41) is 19.0. The van der Waals surface area contributed by atoms with Crippen LogP contribution in [0, 0.1) is 11.3 Å². The summed E-state index contributed by atoms with van der Waals surface area (Å²) in [6.07, 6.45) is 7.28. The van der Waals surface area contributed by atoms with Crippen LogP contribution in [0.1, 0.15) is 32.6 Å². The minimum Gasteiger partial charge on any atom is -0.393 e. The Labute approximate surface area is 79.3 Å². The second-order valence-electron chi connectivity index (χ2n) is 4.79. The van der Waals surface area contributed by atoms with Crippen molar-refractivity contribution in [3.63, 3.8) is 0 Å². The van der Waals surface area contributed by atoms with E-state index in [0.29, 0.717) is 5.92 Å². The highest BCUT2D eigenvalue weighted by Gasteiger charge is 2.40. The molecule has 2 aliphatic rings. The van der Waals surface area contributed by atoms with Crippen LogP contribution in [0.3, 0.4) is 0 Å². The van der Waals surface area contributed by atoms with Gasteiger partial charge in [0.2, 0.25) is 0 Å². The quantitative estimate of drug-likeness (QED) is 0.557. The Balaban J connectivity index is 2.17. The monoisotopic (exact) mass is 182 g/mol. The Morgan fingerprint density at radius 2 is 2.08 bits per heavy atom. The van der Waals surface area contributed by atoms with Gasteiger partial charge in [-0.25, -0.2) is 0 Å². The summed E-state index contributed by atoms with van der Waals surface area (Å²) in [6, 6.07) is 0. The standard InChI is InChI=1S/C11H18O2/c1-11-4-2-9(12)6-8(11)7-10(13)3-5-11/h2,4,8-10,12-13H,3,5-7H2,1H3/t8-,9+,10-,11+/m0/s1. The summed E-state index contributed by atoms with van der Waals surface area (Å²) in [5.41, 5.74) is 0.235. The minimum absolute atomic E-state index is 0.142. The lowest BCUT2D eigenvalue weighted by Gasteiger charge is -2.44. The van der Waals surface area contributed by atoms with Gasteiger partial charge in [-0.15, -0.1) is 0 Å². The van der Waals surface area contributed by atoms with Crippen molar-refractivity contribution in [3.05, 3.63) is 12.2 Å². The molecule has 0 heterocycles. The lowest BCUT2D eigenvalue weighted by Crippen LogP contribution is -2.39. The minimum atomic E-state index is -0.289. The molecule has 13 heavy (non-hydrogen) atoms. The van der Waals surface area contributed by atoms with Gasteiger partial charge in [-0.05, 0) is 37.0 Å². The van der Waals surface area contributed by atoms with Crippen LogP contribution in [0.4, 0.5) is 0 Å². The first-order chi connectivity index (χ1) is 6.10. The van der Waals surface area contributed by atoms with Crippen LogP contribution in [0.5, 0.6) is 0 Å². The summed E-state index contributed by atoms with van der Waals surface area (Å²) in [7, 11) is 0. The lowest BCUT2D eigenvalue weighted by atomic mass is 9.62. The average molecular weight is 182 g/mol. The second-order valence-corrected chi connectivity index (χ2v) is 4.79. The third-order valence-corrected chi connectivity index (χ3v) is 3.73. The van der Waals surface area contributed by atoms with Crippen molar-refractivity contribution in [1.29, 1.82) is 0 Å². The molecule has 1 fully saturated rings. The summed E-state index contributed by atoms with van der Waals surface area (Å²) < 4.78 is 0. The molecule has 2 nitrogen and oxygen atoms in total. The first kappa shape index (κ1) is 9.22. The third kappa shape index (κ3) is 1.65. The molecule has 74 valence electrons. The van der Waals surface area contributed by atoms with Crippen molar-refractivity contribution in [3.8, 4) is 0 Å². The average Bonchev–Trinajstić information content (AvgIpc) is 2.08. The van der Waals surface area contributed by atoms with Gasteiger partial charge in [0.1, 0.15) is 0 Å². The fourth-order valence-corrected chi connectivity index (χ4v) is 2.68. The zero-order chi connectivity index (χ0) is 9.47. The van der Waals surface area contributed by atoms with Crippen LogP contribution >= 0.6 is 0 Å². The summed E-state index contributed by atoms with van der Waals surface area (Å²) >= 11 is 0. The van der Waals surface area contributed by atoms with Crippen LogP contribution < -0.4 is 0 Å². The Bertz CT molecular complexity index is 224. The van der Waals surface area contributed by atoms with E-state index in [2.05, 4.69) is 13.0 Å². The number of hydrogen-bond acceptors (Lipinski definition) is 2. The van der Waals surface area contributed by atoms with Gasteiger partial charge < -0.3 is 10.2 Å². The zero-order valence-corrected chi connectivity index (χ0v) is 8.11. The van der Waals surface area contributed by atoms with Crippen molar-refractivity contribution in [2.24, 2.45) is 11.3 Å². The number of rotatable bonds is 0. The molecule has 0 bridgehead atoms. The molecule has 0 unspecified atom stereocenters. The summed E-state index contributed by atoms with van der Waals surface area (Å²) in [5.74, 6) is 0.469. The number of hydrogen-bond donors (Lipinski definition) is 2. The zero-order valence-electron chi connectivity index (χ0n) is 8.11. The molecule has 2 aliphatic carbocycles. The van der Waals surface area contributed by atoms with Gasteiger partial charge in [0.05, 0.1) is 12.2 Å². The van der Waals surface area contributed by atoms with Crippen molar-refractivity contribution in [2.45, 2.75) is 44.8 Å². The van der Waals surface area contributed by atoms with Gasteiger partial charge >= 0.3 is 0 Å². The van der Waals surface area contributed by atoms with E-state index in [1.54, 1.807) is 0 Å². The maximum absolute atomic E-state index is 9.54. The van der Waals surface area contributed by atoms with Crippen molar-refractivity contribution < 1.29 is 10.2 Å². The molecular weight excluding hydrogens is 164 g/mol. The number of fused-ring (bicyclic) bond motifs is 1. The lowest BCUT2D eigenvalue weighted by molar-refractivity contribution is 0.0147. The summed E-state index contributed by atoms with van der Waals surface area (Å²) in [6.45, 7) is 2.24. The van der Waals surface area contributed by atoms with E-state index in [4.69, 9.17) is 0 Å². The molecule has 0 saturated heterocycles. The normalized spacial score (nSPS) is 50.2. The van der Waals surface area contributed by atoms with Gasteiger partial charge in [-0.2, -0.15) is 0 Å². The van der Waals surface area contributed by atoms with Gasteiger partial charge in [0.25, 0.3) is 0 Å². The summed E-state index contributed by atoms with van der Waals surface area (Å²) in [4.78, 5) is 0. The Kier molecular flexibility index (Phi) is 2.20. The SMILES string of the molecule is C[C@]12C=C[C@@H](O)C[C@H]1C[C@@H](O)CC2. The molecule has 0 aromatic heterocycles. The van der Waals surface area contributed by atoms with Gasteiger partial charge in [-0.3, -0.25) is 0 Å². The Morgan fingerprint density at radius 3 is 2.85 bits per heavy atom. The Hall–Kier alpha value is -0.340. The predicted octanol–water partition coefficient (Wildman–Crippen LogP) is 1.47. The molecule has 1 saturated carbocycles. The fourth-order valence-electron chi connectivity index (χ4n) is 2.68. The van der Waals surface area contributed by atoms with E-state index < -0.39 is 0 Å².